The monoisotopic (exact) mass is 513 g/mol. The number of benzene rings is 1. The molecule has 2 aromatic heterocycles. The number of amides is 4. The minimum absolute atomic E-state index is 0.174. The molecule has 2 atom stereocenters. The maximum Gasteiger partial charge on any atom is 0.319 e. The van der Waals surface area contributed by atoms with Crippen molar-refractivity contribution >= 4 is 40.8 Å². The van der Waals surface area contributed by atoms with Crippen LogP contribution >= 0.6 is 22.9 Å². The average Bonchev–Trinajstić information content (AvgIpc) is 3.45. The van der Waals surface area contributed by atoms with Gasteiger partial charge in [-0.2, -0.15) is 0 Å². The first-order valence-corrected chi connectivity index (χ1v) is 12.0. The van der Waals surface area contributed by atoms with E-state index in [1.807, 2.05) is 0 Å². The van der Waals surface area contributed by atoms with Crippen molar-refractivity contribution in [3.63, 3.8) is 0 Å². The van der Waals surface area contributed by atoms with Crippen molar-refractivity contribution in [3.05, 3.63) is 85.9 Å². The fourth-order valence-electron chi connectivity index (χ4n) is 3.88. The smallest absolute Gasteiger partial charge is 0.319 e. The van der Waals surface area contributed by atoms with Crippen molar-refractivity contribution in [3.8, 4) is 5.69 Å². The molecular weight excluding hydrogens is 490 g/mol. The number of urea groups is 1. The van der Waals surface area contributed by atoms with Crippen LogP contribution < -0.4 is 16.2 Å². The van der Waals surface area contributed by atoms with E-state index < -0.39 is 12.1 Å². The van der Waals surface area contributed by atoms with Gasteiger partial charge in [-0.25, -0.2) is 4.79 Å². The van der Waals surface area contributed by atoms with Gasteiger partial charge in [-0.1, -0.05) is 17.7 Å². The zero-order valence-corrected chi connectivity index (χ0v) is 20.7. The Morgan fingerprint density at radius 3 is 2.17 bits per heavy atom. The van der Waals surface area contributed by atoms with Crippen LogP contribution in [0.1, 0.15) is 20.0 Å². The van der Waals surface area contributed by atoms with E-state index in [-0.39, 0.29) is 36.5 Å². The molecule has 0 spiro atoms. The van der Waals surface area contributed by atoms with E-state index in [9.17, 15) is 19.2 Å². The summed E-state index contributed by atoms with van der Waals surface area (Å²) in [5.74, 6) is -0.664. The number of pyridine rings is 1. The van der Waals surface area contributed by atoms with Crippen LogP contribution in [0.25, 0.3) is 5.69 Å². The van der Waals surface area contributed by atoms with Gasteiger partial charge in [-0.15, -0.1) is 11.3 Å². The molecule has 1 fully saturated rings. The van der Waals surface area contributed by atoms with Gasteiger partial charge < -0.3 is 20.4 Å². The van der Waals surface area contributed by atoms with E-state index >= 15 is 0 Å². The Morgan fingerprint density at radius 1 is 0.943 bits per heavy atom. The van der Waals surface area contributed by atoms with E-state index in [2.05, 4.69) is 10.6 Å². The summed E-state index contributed by atoms with van der Waals surface area (Å²) >= 11 is 7.11. The van der Waals surface area contributed by atoms with Crippen LogP contribution in [0.5, 0.6) is 0 Å². The molecule has 0 aliphatic carbocycles. The largest absolute Gasteiger partial charge is 0.345 e. The van der Waals surface area contributed by atoms with Crippen molar-refractivity contribution in [1.29, 1.82) is 0 Å². The maximum absolute atomic E-state index is 13.0. The second-order valence-corrected chi connectivity index (χ2v) is 10.0. The highest BCUT2D eigenvalue weighted by molar-refractivity contribution is 7.18. The Bertz CT molecular complexity index is 1300. The average molecular weight is 514 g/mol. The number of hydrogen-bond donors (Lipinski definition) is 2. The number of nitrogens with one attached hydrogen (secondary N) is 2. The maximum atomic E-state index is 13.0. The van der Waals surface area contributed by atoms with Gasteiger partial charge in [-0.3, -0.25) is 19.0 Å². The summed E-state index contributed by atoms with van der Waals surface area (Å²) in [6, 6.07) is 13.6. The molecule has 0 saturated carbocycles. The van der Waals surface area contributed by atoms with E-state index in [1.54, 1.807) is 73.7 Å². The second kappa shape index (κ2) is 10.3. The number of aromatic nitrogens is 1. The van der Waals surface area contributed by atoms with Gasteiger partial charge in [0.05, 0.1) is 21.3 Å². The molecule has 3 aromatic rings. The summed E-state index contributed by atoms with van der Waals surface area (Å²) in [7, 11) is 3.30. The topological polar surface area (TPSA) is 104 Å². The van der Waals surface area contributed by atoms with E-state index in [4.69, 9.17) is 11.6 Å². The zero-order valence-electron chi connectivity index (χ0n) is 19.1. The number of likely N-dealkylation sites (tertiary alicyclic amines) is 1. The molecule has 182 valence electrons. The van der Waals surface area contributed by atoms with E-state index in [1.165, 1.54) is 15.5 Å². The molecule has 2 unspecified atom stereocenters. The molecule has 35 heavy (non-hydrogen) atoms. The lowest BCUT2D eigenvalue weighted by molar-refractivity contribution is 0.0898. The zero-order chi connectivity index (χ0) is 25.1. The highest BCUT2D eigenvalue weighted by Crippen LogP contribution is 2.22. The Morgan fingerprint density at radius 2 is 1.60 bits per heavy atom. The fraction of sp³-hybridized carbons (Fsp3) is 0.250. The number of nitrogens with zero attached hydrogens (tertiary/aromatic N) is 3. The minimum atomic E-state index is -0.498. The molecule has 1 aromatic carbocycles. The Balaban J connectivity index is 1.49. The Labute approximate surface area is 210 Å². The number of carbonyl (C=O) groups is 3. The Kier molecular flexibility index (Phi) is 7.23. The van der Waals surface area contributed by atoms with Gasteiger partial charge in [-0.05, 0) is 42.5 Å². The first-order chi connectivity index (χ1) is 16.7. The SMILES string of the molecule is CN(C)C(=O)N1CC(NC(=O)c2ccc(-n3ccccc3=O)cc2)C(NC(=O)c2ccc(Cl)s2)C1. The molecule has 0 bridgehead atoms. The van der Waals surface area contributed by atoms with Crippen molar-refractivity contribution in [1.82, 2.24) is 25.0 Å². The van der Waals surface area contributed by atoms with Crippen molar-refractivity contribution in [2.75, 3.05) is 27.2 Å². The highest BCUT2D eigenvalue weighted by atomic mass is 35.5. The number of rotatable bonds is 5. The first kappa shape index (κ1) is 24.5. The third-order valence-corrected chi connectivity index (χ3v) is 6.86. The Hall–Kier alpha value is -3.63. The molecule has 1 saturated heterocycles. The van der Waals surface area contributed by atoms with Gasteiger partial charge in [0.1, 0.15) is 0 Å². The third-order valence-electron chi connectivity index (χ3n) is 5.63. The summed E-state index contributed by atoms with van der Waals surface area (Å²) in [6.45, 7) is 0.499. The van der Waals surface area contributed by atoms with Gasteiger partial charge in [0.15, 0.2) is 0 Å². The van der Waals surface area contributed by atoms with Crippen LogP contribution in [0, 0.1) is 0 Å². The summed E-state index contributed by atoms with van der Waals surface area (Å²) in [5, 5.41) is 5.87. The first-order valence-electron chi connectivity index (χ1n) is 10.8. The molecule has 4 rings (SSSR count). The van der Waals surface area contributed by atoms with Crippen molar-refractivity contribution in [2.45, 2.75) is 12.1 Å². The van der Waals surface area contributed by atoms with Crippen molar-refractivity contribution < 1.29 is 14.4 Å². The highest BCUT2D eigenvalue weighted by Gasteiger charge is 2.38. The number of halogens is 1. The lowest BCUT2D eigenvalue weighted by Crippen LogP contribution is -2.50. The van der Waals surface area contributed by atoms with Gasteiger partial charge >= 0.3 is 6.03 Å². The minimum Gasteiger partial charge on any atom is -0.345 e. The van der Waals surface area contributed by atoms with Gasteiger partial charge in [0.25, 0.3) is 17.4 Å². The van der Waals surface area contributed by atoms with Crippen LogP contribution in [0.2, 0.25) is 4.34 Å². The van der Waals surface area contributed by atoms with Crippen LogP contribution in [-0.4, -0.2) is 71.5 Å². The van der Waals surface area contributed by atoms with Gasteiger partial charge in [0, 0.05) is 50.7 Å². The standard InChI is InChI=1S/C24H24ClN5O4S/c1-28(2)24(34)29-13-17(18(14-29)27-23(33)19-10-11-20(25)35-19)26-22(32)15-6-8-16(9-7-15)30-12-4-3-5-21(30)31/h3-12,17-18H,13-14H2,1-2H3,(H,26,32)(H,27,33). The number of thiophene rings is 1. The summed E-state index contributed by atoms with van der Waals surface area (Å²) in [4.78, 5) is 53.8. The molecule has 0 radical (unpaired) electrons. The van der Waals surface area contributed by atoms with Crippen LogP contribution in [-0.2, 0) is 0 Å². The molecule has 11 heteroatoms. The lowest BCUT2D eigenvalue weighted by Gasteiger charge is -2.21. The molecule has 1 aliphatic heterocycles. The van der Waals surface area contributed by atoms with Crippen LogP contribution in [0.15, 0.2) is 65.6 Å². The van der Waals surface area contributed by atoms with E-state index in [0.717, 1.165) is 11.3 Å². The fourth-order valence-corrected chi connectivity index (χ4v) is 4.82. The van der Waals surface area contributed by atoms with Crippen LogP contribution in [0.4, 0.5) is 4.79 Å². The quantitative estimate of drug-likeness (QED) is 0.547. The third kappa shape index (κ3) is 5.55. The molecular formula is C24H24ClN5O4S. The molecule has 9 nitrogen and oxygen atoms in total. The molecule has 3 heterocycles. The summed E-state index contributed by atoms with van der Waals surface area (Å²) in [6.07, 6.45) is 1.65. The van der Waals surface area contributed by atoms with Crippen LogP contribution in [0.3, 0.4) is 0 Å². The van der Waals surface area contributed by atoms with E-state index in [0.29, 0.717) is 20.5 Å². The normalized spacial score (nSPS) is 17.2. The summed E-state index contributed by atoms with van der Waals surface area (Å²) < 4.78 is 1.98. The number of hydrogen-bond acceptors (Lipinski definition) is 5. The molecule has 1 aliphatic rings. The lowest BCUT2D eigenvalue weighted by atomic mass is 10.1. The second-order valence-electron chi connectivity index (χ2n) is 8.30. The molecule has 2 N–H and O–H groups in total. The van der Waals surface area contributed by atoms with Gasteiger partial charge in [0.2, 0.25) is 0 Å². The molecule has 4 amide bonds. The predicted octanol–water partition coefficient (Wildman–Crippen LogP) is 2.45. The summed E-state index contributed by atoms with van der Waals surface area (Å²) in [5.41, 5.74) is 0.854. The predicted molar refractivity (Wildman–Crippen MR) is 135 cm³/mol. The van der Waals surface area contributed by atoms with Crippen molar-refractivity contribution in [2.24, 2.45) is 0 Å². The number of carbonyl (C=O) groups excluding carboxylic acids is 3.